The molecule has 2 rings (SSSR count). The summed E-state index contributed by atoms with van der Waals surface area (Å²) >= 11 is 0. The fourth-order valence-corrected chi connectivity index (χ4v) is 2.58. The maximum absolute atomic E-state index is 12.5. The van der Waals surface area contributed by atoms with E-state index in [9.17, 15) is 4.79 Å². The topological polar surface area (TPSA) is 46.3 Å². The fourth-order valence-electron chi connectivity index (χ4n) is 2.58. The van der Waals surface area contributed by atoms with Crippen molar-refractivity contribution in [3.63, 3.8) is 0 Å². The predicted octanol–water partition coefficient (Wildman–Crippen LogP) is 2.48. The molecule has 2 N–H and O–H groups in total. The van der Waals surface area contributed by atoms with Gasteiger partial charge in [-0.15, -0.1) is 0 Å². The molecule has 0 aromatic heterocycles. The predicted molar refractivity (Wildman–Crippen MR) is 73.0 cm³/mol. The van der Waals surface area contributed by atoms with Crippen LogP contribution >= 0.6 is 0 Å². The molecule has 0 aliphatic carbocycles. The van der Waals surface area contributed by atoms with E-state index in [2.05, 4.69) is 6.92 Å². The highest BCUT2D eigenvalue weighted by atomic mass is 16.2. The van der Waals surface area contributed by atoms with Crippen LogP contribution in [0.15, 0.2) is 30.3 Å². The molecule has 1 heterocycles. The zero-order chi connectivity index (χ0) is 13.0. The van der Waals surface area contributed by atoms with E-state index in [-0.39, 0.29) is 5.91 Å². The summed E-state index contributed by atoms with van der Waals surface area (Å²) in [6, 6.07) is 9.43. The lowest BCUT2D eigenvalue weighted by molar-refractivity contribution is -0.134. The number of hydrogen-bond acceptors (Lipinski definition) is 2. The van der Waals surface area contributed by atoms with E-state index >= 15 is 0 Å². The Bertz CT molecular complexity index is 391. The highest BCUT2D eigenvalue weighted by Crippen LogP contribution is 2.20. The summed E-state index contributed by atoms with van der Waals surface area (Å²) in [6.07, 6.45) is 4.62. The van der Waals surface area contributed by atoms with Gasteiger partial charge in [0.15, 0.2) is 0 Å². The average molecular weight is 246 g/mol. The first-order valence-corrected chi connectivity index (χ1v) is 6.81. The first kappa shape index (κ1) is 13.1. The smallest absolute Gasteiger partial charge is 0.244 e. The SMILES string of the molecule is CC1CCCCCN1C(=O)[C@@H](N)c1ccccc1. The maximum Gasteiger partial charge on any atom is 0.244 e. The lowest BCUT2D eigenvalue weighted by Gasteiger charge is -2.29. The van der Waals surface area contributed by atoms with Gasteiger partial charge in [-0.05, 0) is 25.3 Å². The molecular formula is C15H22N2O. The van der Waals surface area contributed by atoms with Gasteiger partial charge in [-0.2, -0.15) is 0 Å². The second-order valence-corrected chi connectivity index (χ2v) is 5.12. The van der Waals surface area contributed by atoms with Gasteiger partial charge < -0.3 is 10.6 Å². The first-order valence-electron chi connectivity index (χ1n) is 6.81. The normalized spacial score (nSPS) is 22.3. The monoisotopic (exact) mass is 246 g/mol. The van der Waals surface area contributed by atoms with Crippen molar-refractivity contribution in [1.29, 1.82) is 0 Å². The van der Waals surface area contributed by atoms with Gasteiger partial charge in [0.2, 0.25) is 5.91 Å². The lowest BCUT2D eigenvalue weighted by atomic mass is 10.1. The van der Waals surface area contributed by atoms with Crippen LogP contribution in [0, 0.1) is 0 Å². The quantitative estimate of drug-likeness (QED) is 0.871. The van der Waals surface area contributed by atoms with Crippen LogP contribution in [0.5, 0.6) is 0 Å². The van der Waals surface area contributed by atoms with Crippen LogP contribution in [0.3, 0.4) is 0 Å². The molecule has 3 heteroatoms. The lowest BCUT2D eigenvalue weighted by Crippen LogP contribution is -2.43. The summed E-state index contributed by atoms with van der Waals surface area (Å²) in [4.78, 5) is 14.4. The summed E-state index contributed by atoms with van der Waals surface area (Å²) in [5.74, 6) is 0.0654. The first-order chi connectivity index (χ1) is 8.70. The van der Waals surface area contributed by atoms with E-state index in [1.807, 2.05) is 35.2 Å². The Morgan fingerprint density at radius 2 is 2.00 bits per heavy atom. The van der Waals surface area contributed by atoms with Gasteiger partial charge in [-0.3, -0.25) is 4.79 Å². The largest absolute Gasteiger partial charge is 0.338 e. The van der Waals surface area contributed by atoms with Crippen molar-refractivity contribution in [2.24, 2.45) is 5.73 Å². The molecule has 1 aromatic carbocycles. The average Bonchev–Trinajstić information content (AvgIpc) is 2.63. The van der Waals surface area contributed by atoms with Gasteiger partial charge in [0.1, 0.15) is 6.04 Å². The standard InChI is InChI=1S/C15H22N2O/c1-12-8-4-3-7-11-17(12)15(18)14(16)13-9-5-2-6-10-13/h2,5-6,9-10,12,14H,3-4,7-8,11,16H2,1H3/t12?,14-/m0/s1. The number of nitrogens with two attached hydrogens (primary N) is 1. The van der Waals surface area contributed by atoms with E-state index in [1.165, 1.54) is 12.8 Å². The number of carbonyl (C=O) groups is 1. The summed E-state index contributed by atoms with van der Waals surface area (Å²) in [5.41, 5.74) is 6.99. The molecule has 1 saturated heterocycles. The Balaban J connectivity index is 2.10. The van der Waals surface area contributed by atoms with E-state index in [4.69, 9.17) is 5.73 Å². The number of likely N-dealkylation sites (tertiary alicyclic amines) is 1. The minimum atomic E-state index is -0.522. The number of carbonyl (C=O) groups excluding carboxylic acids is 1. The zero-order valence-electron chi connectivity index (χ0n) is 11.0. The van der Waals surface area contributed by atoms with Crippen LogP contribution in [-0.2, 0) is 4.79 Å². The third-order valence-corrected chi connectivity index (χ3v) is 3.76. The van der Waals surface area contributed by atoms with Gasteiger partial charge in [-0.1, -0.05) is 43.2 Å². The molecular weight excluding hydrogens is 224 g/mol. The number of benzene rings is 1. The van der Waals surface area contributed by atoms with Crippen LogP contribution in [0.1, 0.15) is 44.2 Å². The molecule has 0 spiro atoms. The molecule has 1 aromatic rings. The van der Waals surface area contributed by atoms with Crippen molar-refractivity contribution >= 4 is 5.91 Å². The van der Waals surface area contributed by atoms with Crippen LogP contribution in [-0.4, -0.2) is 23.4 Å². The highest BCUT2D eigenvalue weighted by Gasteiger charge is 2.26. The summed E-state index contributed by atoms with van der Waals surface area (Å²) < 4.78 is 0. The summed E-state index contributed by atoms with van der Waals surface area (Å²) in [6.45, 7) is 2.97. The van der Waals surface area contributed by atoms with Crippen LogP contribution in [0.4, 0.5) is 0 Å². The Hall–Kier alpha value is -1.35. The van der Waals surface area contributed by atoms with Crippen molar-refractivity contribution < 1.29 is 4.79 Å². The Kier molecular flexibility index (Phi) is 4.37. The maximum atomic E-state index is 12.5. The second-order valence-electron chi connectivity index (χ2n) is 5.12. The van der Waals surface area contributed by atoms with E-state index in [1.54, 1.807) is 0 Å². The molecule has 1 aliphatic rings. The third kappa shape index (κ3) is 2.91. The molecule has 1 amide bonds. The molecule has 1 aliphatic heterocycles. The van der Waals surface area contributed by atoms with Crippen LogP contribution in [0.25, 0.3) is 0 Å². The van der Waals surface area contributed by atoms with E-state index in [0.29, 0.717) is 6.04 Å². The van der Waals surface area contributed by atoms with Crippen LogP contribution < -0.4 is 5.73 Å². The number of amides is 1. The van der Waals surface area contributed by atoms with Crippen molar-refractivity contribution in [3.05, 3.63) is 35.9 Å². The Morgan fingerprint density at radius 1 is 1.28 bits per heavy atom. The van der Waals surface area contributed by atoms with Crippen molar-refractivity contribution in [2.75, 3.05) is 6.54 Å². The minimum absolute atomic E-state index is 0.0654. The van der Waals surface area contributed by atoms with Crippen molar-refractivity contribution in [1.82, 2.24) is 4.90 Å². The molecule has 0 radical (unpaired) electrons. The second kappa shape index (κ2) is 6.01. The molecule has 18 heavy (non-hydrogen) atoms. The summed E-state index contributed by atoms with van der Waals surface area (Å²) in [5, 5.41) is 0. The number of rotatable bonds is 2. The molecule has 2 atom stereocenters. The molecule has 1 fully saturated rings. The van der Waals surface area contributed by atoms with E-state index in [0.717, 1.165) is 24.9 Å². The Morgan fingerprint density at radius 3 is 2.72 bits per heavy atom. The minimum Gasteiger partial charge on any atom is -0.338 e. The fraction of sp³-hybridized carbons (Fsp3) is 0.533. The summed E-state index contributed by atoms with van der Waals surface area (Å²) in [7, 11) is 0. The van der Waals surface area contributed by atoms with Gasteiger partial charge in [0, 0.05) is 12.6 Å². The number of hydrogen-bond donors (Lipinski definition) is 1. The molecule has 98 valence electrons. The van der Waals surface area contributed by atoms with Crippen molar-refractivity contribution in [2.45, 2.75) is 44.7 Å². The molecule has 0 saturated carbocycles. The van der Waals surface area contributed by atoms with Crippen molar-refractivity contribution in [3.8, 4) is 0 Å². The van der Waals surface area contributed by atoms with Gasteiger partial charge in [0.05, 0.1) is 0 Å². The van der Waals surface area contributed by atoms with Gasteiger partial charge >= 0.3 is 0 Å². The molecule has 0 bridgehead atoms. The van der Waals surface area contributed by atoms with E-state index < -0.39 is 6.04 Å². The zero-order valence-corrected chi connectivity index (χ0v) is 11.0. The third-order valence-electron chi connectivity index (χ3n) is 3.76. The molecule has 1 unspecified atom stereocenters. The Labute approximate surface area is 109 Å². The van der Waals surface area contributed by atoms with Gasteiger partial charge in [-0.25, -0.2) is 0 Å². The highest BCUT2D eigenvalue weighted by molar-refractivity contribution is 5.83. The number of nitrogens with zero attached hydrogens (tertiary/aromatic N) is 1. The molecule has 3 nitrogen and oxygen atoms in total. The van der Waals surface area contributed by atoms with Gasteiger partial charge in [0.25, 0.3) is 0 Å². The van der Waals surface area contributed by atoms with Crippen LogP contribution in [0.2, 0.25) is 0 Å².